The van der Waals surface area contributed by atoms with Crippen LogP contribution < -0.4 is 5.32 Å². The molecule has 2 aliphatic rings. The van der Waals surface area contributed by atoms with Crippen LogP contribution in [0.5, 0.6) is 0 Å². The lowest BCUT2D eigenvalue weighted by Gasteiger charge is -2.37. The molecule has 2 rings (SSSR count). The number of ether oxygens (including phenoxy) is 1. The third kappa shape index (κ3) is 3.95. The molecule has 1 atom stereocenters. The minimum atomic E-state index is -0.288. The molecule has 1 saturated carbocycles. The van der Waals surface area contributed by atoms with Gasteiger partial charge in [-0.3, -0.25) is 9.59 Å². The van der Waals surface area contributed by atoms with E-state index >= 15 is 0 Å². The Morgan fingerprint density at radius 2 is 2.00 bits per heavy atom. The van der Waals surface area contributed by atoms with Crippen LogP contribution in [0.3, 0.4) is 0 Å². The van der Waals surface area contributed by atoms with Crippen molar-refractivity contribution in [1.82, 2.24) is 10.2 Å². The van der Waals surface area contributed by atoms with Gasteiger partial charge in [0.2, 0.25) is 11.8 Å². The summed E-state index contributed by atoms with van der Waals surface area (Å²) in [4.78, 5) is 26.0. The molecule has 5 nitrogen and oxygen atoms in total. The normalized spacial score (nSPS) is 24.9. The molecular formula is C15H26N2O3. The van der Waals surface area contributed by atoms with E-state index in [1.807, 2.05) is 6.92 Å². The fourth-order valence-corrected chi connectivity index (χ4v) is 3.21. The van der Waals surface area contributed by atoms with Crippen molar-refractivity contribution in [3.05, 3.63) is 0 Å². The number of nitrogens with one attached hydrogen (secondary N) is 1. The molecular weight excluding hydrogens is 256 g/mol. The van der Waals surface area contributed by atoms with Gasteiger partial charge >= 0.3 is 0 Å². The number of hydrogen-bond acceptors (Lipinski definition) is 3. The molecule has 2 amide bonds. The molecule has 0 bridgehead atoms. The summed E-state index contributed by atoms with van der Waals surface area (Å²) in [6.07, 6.45) is 6.52. The largest absolute Gasteiger partial charge is 0.382 e. The van der Waals surface area contributed by atoms with Crippen molar-refractivity contribution >= 4 is 11.8 Å². The Morgan fingerprint density at radius 3 is 2.70 bits per heavy atom. The highest BCUT2D eigenvalue weighted by Gasteiger charge is 2.37. The van der Waals surface area contributed by atoms with Gasteiger partial charge in [-0.15, -0.1) is 0 Å². The van der Waals surface area contributed by atoms with E-state index in [1.165, 1.54) is 19.3 Å². The Kier molecular flexibility index (Phi) is 5.83. The zero-order valence-electron chi connectivity index (χ0n) is 12.4. The summed E-state index contributed by atoms with van der Waals surface area (Å²) < 4.78 is 5.29. The third-order valence-electron chi connectivity index (χ3n) is 4.27. The molecule has 0 aromatic heterocycles. The summed E-state index contributed by atoms with van der Waals surface area (Å²) in [6, 6.07) is -0.288. The molecule has 0 radical (unpaired) electrons. The van der Waals surface area contributed by atoms with Gasteiger partial charge in [-0.25, -0.2) is 0 Å². The maximum Gasteiger partial charge on any atom is 0.245 e. The van der Waals surface area contributed by atoms with E-state index < -0.39 is 0 Å². The van der Waals surface area contributed by atoms with Crippen molar-refractivity contribution in [3.63, 3.8) is 0 Å². The van der Waals surface area contributed by atoms with Gasteiger partial charge in [0.15, 0.2) is 0 Å². The highest BCUT2D eigenvalue weighted by molar-refractivity contribution is 5.95. The summed E-state index contributed by atoms with van der Waals surface area (Å²) >= 11 is 0. The minimum absolute atomic E-state index is 0.0171. The molecule has 0 aromatic rings. The third-order valence-corrected chi connectivity index (χ3v) is 4.27. The van der Waals surface area contributed by atoms with Crippen LogP contribution in [-0.2, 0) is 14.3 Å². The van der Waals surface area contributed by atoms with Gasteiger partial charge in [-0.1, -0.05) is 19.3 Å². The number of piperazine rings is 1. The Hall–Kier alpha value is -1.10. The second kappa shape index (κ2) is 7.62. The second-order valence-electron chi connectivity index (χ2n) is 5.75. The van der Waals surface area contributed by atoms with Crippen LogP contribution in [-0.4, -0.2) is 49.1 Å². The van der Waals surface area contributed by atoms with E-state index in [-0.39, 0.29) is 24.4 Å². The van der Waals surface area contributed by atoms with Crippen LogP contribution in [0.25, 0.3) is 0 Å². The van der Waals surface area contributed by atoms with Gasteiger partial charge in [0, 0.05) is 19.8 Å². The van der Waals surface area contributed by atoms with E-state index in [2.05, 4.69) is 5.32 Å². The van der Waals surface area contributed by atoms with Crippen molar-refractivity contribution in [2.45, 2.75) is 51.5 Å². The predicted molar refractivity (Wildman–Crippen MR) is 76.2 cm³/mol. The Morgan fingerprint density at radius 1 is 1.25 bits per heavy atom. The maximum atomic E-state index is 12.5. The van der Waals surface area contributed by atoms with Gasteiger partial charge in [0.05, 0.1) is 6.54 Å². The van der Waals surface area contributed by atoms with E-state index in [0.29, 0.717) is 25.7 Å². The first-order chi connectivity index (χ1) is 9.72. The number of carbonyl (C=O) groups is 2. The number of rotatable bonds is 6. The first-order valence-electron chi connectivity index (χ1n) is 7.88. The molecule has 1 unspecified atom stereocenters. The first-order valence-corrected chi connectivity index (χ1v) is 7.88. The fraction of sp³-hybridized carbons (Fsp3) is 0.867. The van der Waals surface area contributed by atoms with Crippen molar-refractivity contribution in [3.8, 4) is 0 Å². The lowest BCUT2D eigenvalue weighted by Crippen LogP contribution is -2.60. The van der Waals surface area contributed by atoms with E-state index in [1.54, 1.807) is 4.90 Å². The molecule has 114 valence electrons. The summed E-state index contributed by atoms with van der Waals surface area (Å²) in [6.45, 7) is 4.12. The lowest BCUT2D eigenvalue weighted by atomic mass is 9.82. The van der Waals surface area contributed by atoms with Gasteiger partial charge < -0.3 is 15.0 Å². The van der Waals surface area contributed by atoms with Crippen LogP contribution in [0, 0.1) is 5.92 Å². The minimum Gasteiger partial charge on any atom is -0.382 e. The van der Waals surface area contributed by atoms with Crippen LogP contribution >= 0.6 is 0 Å². The molecule has 1 aliphatic heterocycles. The number of hydrogen-bond donors (Lipinski definition) is 1. The van der Waals surface area contributed by atoms with Gasteiger partial charge in [0.25, 0.3) is 0 Å². The average molecular weight is 282 g/mol. The van der Waals surface area contributed by atoms with Gasteiger partial charge in [-0.05, 0) is 32.1 Å². The molecule has 1 N–H and O–H groups in total. The summed E-state index contributed by atoms with van der Waals surface area (Å²) in [7, 11) is 0. The number of amides is 2. The average Bonchev–Trinajstić information content (AvgIpc) is 2.47. The predicted octanol–water partition coefficient (Wildman–Crippen LogP) is 1.32. The quantitative estimate of drug-likeness (QED) is 0.748. The highest BCUT2D eigenvalue weighted by atomic mass is 16.5. The molecule has 2 fully saturated rings. The summed E-state index contributed by atoms with van der Waals surface area (Å²) in [5.41, 5.74) is 0. The molecule has 1 saturated heterocycles. The van der Waals surface area contributed by atoms with Crippen LogP contribution in [0.15, 0.2) is 0 Å². The van der Waals surface area contributed by atoms with Gasteiger partial charge in [0.1, 0.15) is 6.04 Å². The topological polar surface area (TPSA) is 58.6 Å². The standard InChI is InChI=1S/C15H26N2O3/c1-2-20-10-6-9-17-11-13(18)16-14(15(17)19)12-7-4-3-5-8-12/h12,14H,2-11H2,1H3,(H,16,18). The maximum absolute atomic E-state index is 12.5. The van der Waals surface area contributed by atoms with Crippen molar-refractivity contribution in [1.29, 1.82) is 0 Å². The summed E-state index contributed by atoms with van der Waals surface area (Å²) in [5, 5.41) is 2.91. The fourth-order valence-electron chi connectivity index (χ4n) is 3.21. The van der Waals surface area contributed by atoms with E-state index in [9.17, 15) is 9.59 Å². The molecule has 1 aliphatic carbocycles. The van der Waals surface area contributed by atoms with Crippen molar-refractivity contribution in [2.75, 3.05) is 26.3 Å². The Bertz CT molecular complexity index is 340. The monoisotopic (exact) mass is 282 g/mol. The van der Waals surface area contributed by atoms with E-state index in [0.717, 1.165) is 19.3 Å². The SMILES string of the molecule is CCOCCCN1CC(=O)NC(C2CCCCC2)C1=O. The zero-order chi connectivity index (χ0) is 14.4. The van der Waals surface area contributed by atoms with Crippen LogP contribution in [0.1, 0.15) is 45.4 Å². The van der Waals surface area contributed by atoms with Crippen molar-refractivity contribution in [2.24, 2.45) is 5.92 Å². The molecule has 1 heterocycles. The molecule has 20 heavy (non-hydrogen) atoms. The smallest absolute Gasteiger partial charge is 0.245 e. The summed E-state index contributed by atoms with van der Waals surface area (Å²) in [5.74, 6) is 0.416. The molecule has 0 spiro atoms. The lowest BCUT2D eigenvalue weighted by molar-refractivity contribution is -0.146. The molecule has 5 heteroatoms. The Labute approximate surface area is 121 Å². The van der Waals surface area contributed by atoms with Gasteiger partial charge in [-0.2, -0.15) is 0 Å². The number of carbonyl (C=O) groups excluding carboxylic acids is 2. The van der Waals surface area contributed by atoms with Crippen LogP contribution in [0.4, 0.5) is 0 Å². The molecule has 0 aromatic carbocycles. The highest BCUT2D eigenvalue weighted by Crippen LogP contribution is 2.28. The first kappa shape index (κ1) is 15.3. The second-order valence-corrected chi connectivity index (χ2v) is 5.75. The van der Waals surface area contributed by atoms with Crippen LogP contribution in [0.2, 0.25) is 0 Å². The zero-order valence-corrected chi connectivity index (χ0v) is 12.4. The Balaban J connectivity index is 1.89. The number of nitrogens with zero attached hydrogens (tertiary/aromatic N) is 1. The van der Waals surface area contributed by atoms with Crippen molar-refractivity contribution < 1.29 is 14.3 Å². The van der Waals surface area contributed by atoms with E-state index in [4.69, 9.17) is 4.74 Å².